The van der Waals surface area contributed by atoms with Crippen molar-refractivity contribution < 1.29 is 23.2 Å². The summed E-state index contributed by atoms with van der Waals surface area (Å²) in [5.41, 5.74) is 3.65. The molecule has 3 rings (SSSR count). The lowest BCUT2D eigenvalue weighted by Crippen LogP contribution is -2.16. The second-order valence-electron chi connectivity index (χ2n) is 5.95. The molecule has 7 nitrogen and oxygen atoms in total. The SMILES string of the molecule is CCCCOC(=O)c1ccc(-c2ccc(/C=N/NC(=O)c3ccco3)o2)cc1. The number of hydrogen-bond donors (Lipinski definition) is 1. The maximum absolute atomic E-state index is 11.9. The third-order valence-electron chi connectivity index (χ3n) is 3.87. The fraction of sp³-hybridized carbons (Fsp3) is 0.190. The number of nitrogens with zero attached hydrogens (tertiary/aromatic N) is 1. The van der Waals surface area contributed by atoms with Crippen LogP contribution in [-0.2, 0) is 4.74 Å². The van der Waals surface area contributed by atoms with E-state index in [9.17, 15) is 9.59 Å². The van der Waals surface area contributed by atoms with E-state index in [-0.39, 0.29) is 11.7 Å². The molecule has 28 heavy (non-hydrogen) atoms. The van der Waals surface area contributed by atoms with Gasteiger partial charge in [-0.15, -0.1) is 0 Å². The van der Waals surface area contributed by atoms with Gasteiger partial charge >= 0.3 is 11.9 Å². The smallest absolute Gasteiger partial charge is 0.338 e. The minimum Gasteiger partial charge on any atom is -0.462 e. The lowest BCUT2D eigenvalue weighted by molar-refractivity contribution is 0.0499. The zero-order chi connectivity index (χ0) is 19.8. The van der Waals surface area contributed by atoms with Crippen LogP contribution in [0.2, 0.25) is 0 Å². The molecule has 0 spiro atoms. The zero-order valence-electron chi connectivity index (χ0n) is 15.4. The molecule has 0 atom stereocenters. The predicted octanol–water partition coefficient (Wildman–Crippen LogP) is 4.26. The normalized spacial score (nSPS) is 10.9. The fourth-order valence-corrected chi connectivity index (χ4v) is 2.36. The van der Waals surface area contributed by atoms with E-state index >= 15 is 0 Å². The van der Waals surface area contributed by atoms with Crippen molar-refractivity contribution in [2.45, 2.75) is 19.8 Å². The summed E-state index contributed by atoms with van der Waals surface area (Å²) < 4.78 is 15.8. The van der Waals surface area contributed by atoms with Crippen LogP contribution in [0.5, 0.6) is 0 Å². The number of nitrogens with one attached hydrogen (secondary N) is 1. The highest BCUT2D eigenvalue weighted by Gasteiger charge is 2.09. The topological polar surface area (TPSA) is 94.0 Å². The van der Waals surface area contributed by atoms with Crippen LogP contribution in [0.4, 0.5) is 0 Å². The lowest BCUT2D eigenvalue weighted by Gasteiger charge is -2.04. The molecule has 0 aliphatic rings. The molecule has 2 aromatic heterocycles. The second kappa shape index (κ2) is 9.36. The van der Waals surface area contributed by atoms with Crippen LogP contribution < -0.4 is 5.43 Å². The number of esters is 1. The number of rotatable bonds is 8. The third-order valence-corrected chi connectivity index (χ3v) is 3.87. The Morgan fingerprint density at radius 3 is 2.68 bits per heavy atom. The van der Waals surface area contributed by atoms with Gasteiger partial charge in [-0.2, -0.15) is 5.10 Å². The molecule has 7 heteroatoms. The number of carbonyl (C=O) groups is 2. The molecule has 0 fully saturated rings. The van der Waals surface area contributed by atoms with Gasteiger partial charge in [0.2, 0.25) is 0 Å². The molecule has 0 aliphatic heterocycles. The first-order chi connectivity index (χ1) is 13.7. The van der Waals surface area contributed by atoms with Crippen molar-refractivity contribution in [3.05, 3.63) is 71.9 Å². The standard InChI is InChI=1S/C21H20N2O5/c1-2-3-12-27-21(25)16-8-6-15(7-9-16)18-11-10-17(28-18)14-22-23-20(24)19-5-4-13-26-19/h4-11,13-14H,2-3,12H2,1H3,(H,23,24)/b22-14+. The van der Waals surface area contributed by atoms with Gasteiger partial charge in [-0.1, -0.05) is 25.5 Å². The minimum absolute atomic E-state index is 0.172. The van der Waals surface area contributed by atoms with Crippen LogP contribution in [0, 0.1) is 0 Å². The number of amides is 1. The Kier molecular flexibility index (Phi) is 6.41. The zero-order valence-corrected chi connectivity index (χ0v) is 15.4. The van der Waals surface area contributed by atoms with E-state index in [0.717, 1.165) is 18.4 Å². The van der Waals surface area contributed by atoms with Crippen molar-refractivity contribution in [2.75, 3.05) is 6.61 Å². The van der Waals surface area contributed by atoms with E-state index < -0.39 is 5.91 Å². The van der Waals surface area contributed by atoms with Crippen molar-refractivity contribution in [2.24, 2.45) is 5.10 Å². The van der Waals surface area contributed by atoms with Gasteiger partial charge in [0, 0.05) is 5.56 Å². The van der Waals surface area contributed by atoms with Crippen LogP contribution >= 0.6 is 0 Å². The molecule has 0 bridgehead atoms. The first kappa shape index (κ1) is 19.2. The highest BCUT2D eigenvalue weighted by molar-refractivity contribution is 5.92. The van der Waals surface area contributed by atoms with Crippen molar-refractivity contribution in [3.8, 4) is 11.3 Å². The first-order valence-electron chi connectivity index (χ1n) is 8.91. The van der Waals surface area contributed by atoms with Gasteiger partial charge in [0.05, 0.1) is 24.6 Å². The monoisotopic (exact) mass is 380 g/mol. The third kappa shape index (κ3) is 4.97. The summed E-state index contributed by atoms with van der Waals surface area (Å²) in [6.45, 7) is 2.46. The van der Waals surface area contributed by atoms with Gasteiger partial charge in [0.25, 0.3) is 0 Å². The van der Waals surface area contributed by atoms with Gasteiger partial charge in [-0.25, -0.2) is 10.2 Å². The van der Waals surface area contributed by atoms with Crippen molar-refractivity contribution in [1.29, 1.82) is 0 Å². The molecule has 0 saturated carbocycles. The summed E-state index contributed by atoms with van der Waals surface area (Å²) >= 11 is 0. The Morgan fingerprint density at radius 1 is 1.14 bits per heavy atom. The number of ether oxygens (including phenoxy) is 1. The molecule has 0 unspecified atom stereocenters. The molecule has 0 aliphatic carbocycles. The van der Waals surface area contributed by atoms with Crippen LogP contribution in [-0.4, -0.2) is 24.7 Å². The van der Waals surface area contributed by atoms with Crippen LogP contribution in [0.3, 0.4) is 0 Å². The molecule has 1 N–H and O–H groups in total. The van der Waals surface area contributed by atoms with Crippen molar-refractivity contribution in [1.82, 2.24) is 5.43 Å². The summed E-state index contributed by atoms with van der Waals surface area (Å²) in [6, 6.07) is 13.6. The van der Waals surface area contributed by atoms with Crippen LogP contribution in [0.25, 0.3) is 11.3 Å². The van der Waals surface area contributed by atoms with E-state index in [0.29, 0.717) is 23.7 Å². The molecule has 144 valence electrons. The summed E-state index contributed by atoms with van der Waals surface area (Å²) in [7, 11) is 0. The Morgan fingerprint density at radius 2 is 1.96 bits per heavy atom. The fourth-order valence-electron chi connectivity index (χ4n) is 2.36. The van der Waals surface area contributed by atoms with E-state index in [1.165, 1.54) is 12.5 Å². The minimum atomic E-state index is -0.450. The van der Waals surface area contributed by atoms with Crippen molar-refractivity contribution >= 4 is 18.1 Å². The van der Waals surface area contributed by atoms with E-state index in [1.54, 1.807) is 48.5 Å². The summed E-state index contributed by atoms with van der Waals surface area (Å²) in [4.78, 5) is 23.6. The van der Waals surface area contributed by atoms with Gasteiger partial charge < -0.3 is 13.6 Å². The van der Waals surface area contributed by atoms with Gasteiger partial charge in [-0.3, -0.25) is 4.79 Å². The first-order valence-corrected chi connectivity index (χ1v) is 8.91. The Hall–Kier alpha value is -3.61. The number of benzene rings is 1. The average Bonchev–Trinajstić information content (AvgIpc) is 3.40. The van der Waals surface area contributed by atoms with E-state index in [4.69, 9.17) is 13.6 Å². The van der Waals surface area contributed by atoms with E-state index in [2.05, 4.69) is 10.5 Å². The van der Waals surface area contributed by atoms with Gasteiger partial charge in [0.1, 0.15) is 11.5 Å². The predicted molar refractivity (Wildman–Crippen MR) is 103 cm³/mol. The molecule has 0 radical (unpaired) electrons. The number of unbranched alkanes of at least 4 members (excludes halogenated alkanes) is 1. The molecule has 3 aromatic rings. The van der Waals surface area contributed by atoms with E-state index in [1.807, 2.05) is 6.92 Å². The highest BCUT2D eigenvalue weighted by atomic mass is 16.5. The number of furan rings is 2. The van der Waals surface area contributed by atoms with Crippen LogP contribution in [0.15, 0.2) is 68.7 Å². The largest absolute Gasteiger partial charge is 0.462 e. The maximum atomic E-state index is 11.9. The molecular formula is C21H20N2O5. The lowest BCUT2D eigenvalue weighted by atomic mass is 10.1. The summed E-state index contributed by atoms with van der Waals surface area (Å²) in [5, 5.41) is 3.84. The maximum Gasteiger partial charge on any atom is 0.338 e. The molecule has 2 heterocycles. The Labute approximate surface area is 162 Å². The Balaban J connectivity index is 1.58. The average molecular weight is 380 g/mol. The van der Waals surface area contributed by atoms with Gasteiger partial charge in [-0.05, 0) is 42.8 Å². The van der Waals surface area contributed by atoms with Gasteiger partial charge in [0.15, 0.2) is 5.76 Å². The molecule has 1 amide bonds. The summed E-state index contributed by atoms with van der Waals surface area (Å²) in [6.07, 6.45) is 4.63. The second-order valence-corrected chi connectivity index (χ2v) is 5.95. The quantitative estimate of drug-likeness (QED) is 0.273. The van der Waals surface area contributed by atoms with Crippen LogP contribution in [0.1, 0.15) is 46.4 Å². The molecule has 0 saturated heterocycles. The summed E-state index contributed by atoms with van der Waals surface area (Å²) in [5.74, 6) is 0.474. The molecule has 1 aromatic carbocycles. The number of carbonyl (C=O) groups excluding carboxylic acids is 2. The highest BCUT2D eigenvalue weighted by Crippen LogP contribution is 2.22. The molecular weight excluding hydrogens is 360 g/mol. The number of hydrogen-bond acceptors (Lipinski definition) is 6. The number of hydrazone groups is 1. The van der Waals surface area contributed by atoms with Crippen molar-refractivity contribution in [3.63, 3.8) is 0 Å². The Bertz CT molecular complexity index is 940.